The third-order valence-electron chi connectivity index (χ3n) is 2.20. The number of hydrogen-bond acceptors (Lipinski definition) is 3. The molecule has 0 bridgehead atoms. The van der Waals surface area contributed by atoms with Crippen LogP contribution < -0.4 is 4.74 Å². The van der Waals surface area contributed by atoms with Crippen molar-refractivity contribution in [3.8, 4) is 5.75 Å². The van der Waals surface area contributed by atoms with Gasteiger partial charge in [0.15, 0.2) is 0 Å². The molecule has 1 aromatic rings. The molecule has 0 aliphatic rings. The summed E-state index contributed by atoms with van der Waals surface area (Å²) in [6.07, 6.45) is 0.302. The average molecular weight is 208 g/mol. The largest absolute Gasteiger partial charge is 0.497 e. The van der Waals surface area contributed by atoms with E-state index < -0.39 is 0 Å². The minimum atomic E-state index is -0.200. The van der Waals surface area contributed by atoms with E-state index in [0.717, 1.165) is 16.9 Å². The third kappa shape index (κ3) is 3.27. The Labute approximate surface area is 90.0 Å². The summed E-state index contributed by atoms with van der Waals surface area (Å²) in [6.45, 7) is 4.19. The van der Waals surface area contributed by atoms with Gasteiger partial charge < -0.3 is 9.47 Å². The molecular formula is C12H16O3. The number of rotatable bonds is 4. The molecule has 0 atom stereocenters. The maximum atomic E-state index is 11.3. The van der Waals surface area contributed by atoms with E-state index in [0.29, 0.717) is 13.0 Å². The van der Waals surface area contributed by atoms with Gasteiger partial charge in [0.1, 0.15) is 5.75 Å². The summed E-state index contributed by atoms with van der Waals surface area (Å²) < 4.78 is 9.99. The monoisotopic (exact) mass is 208 g/mol. The minimum Gasteiger partial charge on any atom is -0.497 e. The summed E-state index contributed by atoms with van der Waals surface area (Å²) >= 11 is 0. The number of methoxy groups -OCH3 is 1. The molecule has 0 saturated carbocycles. The van der Waals surface area contributed by atoms with Gasteiger partial charge in [-0.05, 0) is 37.1 Å². The van der Waals surface area contributed by atoms with Gasteiger partial charge >= 0.3 is 5.97 Å². The first-order valence-corrected chi connectivity index (χ1v) is 4.96. The van der Waals surface area contributed by atoms with Crippen LogP contribution in [0.25, 0.3) is 0 Å². The molecule has 0 aliphatic carbocycles. The zero-order valence-electron chi connectivity index (χ0n) is 9.37. The predicted octanol–water partition coefficient (Wildman–Crippen LogP) is 2.11. The van der Waals surface area contributed by atoms with E-state index in [1.165, 1.54) is 0 Å². The SMILES string of the molecule is CCOC(=O)Cc1cc(OC)ccc1C. The van der Waals surface area contributed by atoms with Gasteiger partial charge in [0, 0.05) is 0 Å². The molecule has 0 amide bonds. The predicted molar refractivity (Wildman–Crippen MR) is 58.1 cm³/mol. The van der Waals surface area contributed by atoms with Crippen LogP contribution in [0.4, 0.5) is 0 Å². The molecule has 15 heavy (non-hydrogen) atoms. The zero-order valence-corrected chi connectivity index (χ0v) is 9.37. The van der Waals surface area contributed by atoms with Crippen molar-refractivity contribution in [3.63, 3.8) is 0 Å². The molecule has 0 aliphatic heterocycles. The van der Waals surface area contributed by atoms with Crippen LogP contribution >= 0.6 is 0 Å². The lowest BCUT2D eigenvalue weighted by atomic mass is 10.1. The summed E-state index contributed by atoms with van der Waals surface area (Å²) in [5, 5.41) is 0. The molecule has 0 aromatic heterocycles. The summed E-state index contributed by atoms with van der Waals surface area (Å²) in [5.41, 5.74) is 2.02. The fourth-order valence-electron chi connectivity index (χ4n) is 1.33. The number of hydrogen-bond donors (Lipinski definition) is 0. The van der Waals surface area contributed by atoms with Crippen molar-refractivity contribution < 1.29 is 14.3 Å². The lowest BCUT2D eigenvalue weighted by molar-refractivity contribution is -0.142. The van der Waals surface area contributed by atoms with Gasteiger partial charge in [0.25, 0.3) is 0 Å². The Hall–Kier alpha value is -1.51. The molecule has 1 aromatic carbocycles. The van der Waals surface area contributed by atoms with Crippen LogP contribution in [0.2, 0.25) is 0 Å². The summed E-state index contributed by atoms with van der Waals surface area (Å²) in [6, 6.07) is 5.68. The molecule has 0 spiro atoms. The third-order valence-corrected chi connectivity index (χ3v) is 2.20. The van der Waals surface area contributed by atoms with Crippen molar-refractivity contribution in [2.75, 3.05) is 13.7 Å². The van der Waals surface area contributed by atoms with Crippen molar-refractivity contribution >= 4 is 5.97 Å². The highest BCUT2D eigenvalue weighted by atomic mass is 16.5. The zero-order chi connectivity index (χ0) is 11.3. The van der Waals surface area contributed by atoms with Crippen molar-refractivity contribution in [3.05, 3.63) is 29.3 Å². The van der Waals surface area contributed by atoms with Gasteiger partial charge in [-0.1, -0.05) is 6.07 Å². The van der Waals surface area contributed by atoms with Crippen LogP contribution in [-0.4, -0.2) is 19.7 Å². The Kier molecular flexibility index (Phi) is 4.16. The van der Waals surface area contributed by atoms with E-state index in [4.69, 9.17) is 9.47 Å². The highest BCUT2D eigenvalue weighted by Gasteiger charge is 2.07. The molecule has 1 rings (SSSR count). The van der Waals surface area contributed by atoms with E-state index in [1.54, 1.807) is 14.0 Å². The number of aryl methyl sites for hydroxylation is 1. The van der Waals surface area contributed by atoms with Crippen molar-refractivity contribution in [1.29, 1.82) is 0 Å². The maximum Gasteiger partial charge on any atom is 0.310 e. The Balaban J connectivity index is 2.79. The Morgan fingerprint density at radius 3 is 2.73 bits per heavy atom. The Bertz CT molecular complexity index is 345. The van der Waals surface area contributed by atoms with Crippen LogP contribution in [0.5, 0.6) is 5.75 Å². The van der Waals surface area contributed by atoms with Crippen LogP contribution in [0.15, 0.2) is 18.2 Å². The molecular weight excluding hydrogens is 192 g/mol. The van der Waals surface area contributed by atoms with Crippen LogP contribution in [-0.2, 0) is 16.0 Å². The van der Waals surface area contributed by atoms with Gasteiger partial charge in [-0.3, -0.25) is 4.79 Å². The summed E-state index contributed by atoms with van der Waals surface area (Å²) in [7, 11) is 1.61. The number of carbonyl (C=O) groups excluding carboxylic acids is 1. The van der Waals surface area contributed by atoms with Gasteiger partial charge in [-0.15, -0.1) is 0 Å². The van der Waals surface area contributed by atoms with Crippen molar-refractivity contribution in [2.45, 2.75) is 20.3 Å². The van der Waals surface area contributed by atoms with E-state index in [1.807, 2.05) is 25.1 Å². The average Bonchev–Trinajstić information content (AvgIpc) is 2.21. The number of benzene rings is 1. The van der Waals surface area contributed by atoms with E-state index >= 15 is 0 Å². The first kappa shape index (κ1) is 11.6. The van der Waals surface area contributed by atoms with E-state index in [2.05, 4.69) is 0 Å². The molecule has 3 heteroatoms. The molecule has 0 saturated heterocycles. The molecule has 0 fully saturated rings. The number of carbonyl (C=O) groups is 1. The maximum absolute atomic E-state index is 11.3. The normalized spacial score (nSPS) is 9.80. The molecule has 0 N–H and O–H groups in total. The lowest BCUT2D eigenvalue weighted by Gasteiger charge is -2.07. The second kappa shape index (κ2) is 5.39. The summed E-state index contributed by atoms with van der Waals surface area (Å²) in [4.78, 5) is 11.3. The van der Waals surface area contributed by atoms with Crippen molar-refractivity contribution in [1.82, 2.24) is 0 Å². The van der Waals surface area contributed by atoms with Crippen molar-refractivity contribution in [2.24, 2.45) is 0 Å². The second-order valence-electron chi connectivity index (χ2n) is 3.27. The summed E-state index contributed by atoms with van der Waals surface area (Å²) in [5.74, 6) is 0.564. The van der Waals surface area contributed by atoms with Gasteiger partial charge in [0.05, 0.1) is 20.1 Å². The van der Waals surface area contributed by atoms with Crippen LogP contribution in [0.3, 0.4) is 0 Å². The van der Waals surface area contributed by atoms with Crippen LogP contribution in [0, 0.1) is 6.92 Å². The first-order chi connectivity index (χ1) is 7.17. The Morgan fingerprint density at radius 2 is 2.13 bits per heavy atom. The minimum absolute atomic E-state index is 0.200. The van der Waals surface area contributed by atoms with Gasteiger partial charge in [0.2, 0.25) is 0 Å². The van der Waals surface area contributed by atoms with E-state index in [-0.39, 0.29) is 5.97 Å². The highest BCUT2D eigenvalue weighted by Crippen LogP contribution is 2.17. The molecule has 0 heterocycles. The molecule has 0 unspecified atom stereocenters. The van der Waals surface area contributed by atoms with Gasteiger partial charge in [-0.25, -0.2) is 0 Å². The molecule has 82 valence electrons. The highest BCUT2D eigenvalue weighted by molar-refractivity contribution is 5.73. The van der Waals surface area contributed by atoms with Gasteiger partial charge in [-0.2, -0.15) is 0 Å². The number of esters is 1. The van der Waals surface area contributed by atoms with Crippen LogP contribution in [0.1, 0.15) is 18.1 Å². The lowest BCUT2D eigenvalue weighted by Crippen LogP contribution is -2.08. The quantitative estimate of drug-likeness (QED) is 0.711. The molecule has 0 radical (unpaired) electrons. The fraction of sp³-hybridized carbons (Fsp3) is 0.417. The standard InChI is InChI=1S/C12H16O3/c1-4-15-12(13)8-10-7-11(14-3)6-5-9(10)2/h5-7H,4,8H2,1-3H3. The van der Waals surface area contributed by atoms with E-state index in [9.17, 15) is 4.79 Å². The fourth-order valence-corrected chi connectivity index (χ4v) is 1.33. The second-order valence-corrected chi connectivity index (χ2v) is 3.27. The molecule has 3 nitrogen and oxygen atoms in total. The smallest absolute Gasteiger partial charge is 0.310 e. The number of ether oxygens (including phenoxy) is 2. The first-order valence-electron chi connectivity index (χ1n) is 4.96. The topological polar surface area (TPSA) is 35.5 Å². The Morgan fingerprint density at radius 1 is 1.40 bits per heavy atom.